The summed E-state index contributed by atoms with van der Waals surface area (Å²) in [6.45, 7) is 4.65. The van der Waals surface area contributed by atoms with Gasteiger partial charge >= 0.3 is 11.7 Å². The van der Waals surface area contributed by atoms with Crippen molar-refractivity contribution in [3.63, 3.8) is 0 Å². The molecule has 1 fully saturated rings. The fraction of sp³-hybridized carbons (Fsp3) is 0.379. The van der Waals surface area contributed by atoms with Gasteiger partial charge in [0.2, 0.25) is 0 Å². The van der Waals surface area contributed by atoms with Gasteiger partial charge in [0, 0.05) is 22.3 Å². The van der Waals surface area contributed by atoms with Crippen LogP contribution >= 0.6 is 23.2 Å². The number of benzene rings is 2. The van der Waals surface area contributed by atoms with Crippen LogP contribution in [0.15, 0.2) is 58.1 Å². The third kappa shape index (κ3) is 5.15. The molecule has 0 unspecified atom stereocenters. The summed E-state index contributed by atoms with van der Waals surface area (Å²) < 4.78 is 9.76. The molecule has 1 aliphatic rings. The topological polar surface area (TPSA) is 88.1 Å². The zero-order chi connectivity index (χ0) is 27.9. The summed E-state index contributed by atoms with van der Waals surface area (Å²) in [4.78, 5) is 45.5. The molecule has 0 atom stereocenters. The second-order valence-electron chi connectivity index (χ2n) is 10.9. The molecule has 1 saturated carbocycles. The Morgan fingerprint density at radius 2 is 1.67 bits per heavy atom. The van der Waals surface area contributed by atoms with Crippen molar-refractivity contribution in [3.05, 3.63) is 79.4 Å². The molecule has 0 saturated heterocycles. The predicted octanol–water partition coefficient (Wildman–Crippen LogP) is 6.37. The molecule has 0 radical (unpaired) electrons. The van der Waals surface area contributed by atoms with Gasteiger partial charge in [0.15, 0.2) is 17.9 Å². The van der Waals surface area contributed by atoms with Crippen LogP contribution in [0.25, 0.3) is 28.2 Å². The number of hydrogen-bond donors (Lipinski definition) is 0. The second kappa shape index (κ2) is 10.7. The summed E-state index contributed by atoms with van der Waals surface area (Å²) in [6, 6.07) is 14.1. The number of carbonyl (C=O) groups is 1. The van der Waals surface area contributed by atoms with Gasteiger partial charge in [0.1, 0.15) is 5.82 Å². The van der Waals surface area contributed by atoms with E-state index in [9.17, 15) is 14.4 Å². The van der Waals surface area contributed by atoms with Crippen LogP contribution in [0.4, 0.5) is 0 Å². The highest BCUT2D eigenvalue weighted by molar-refractivity contribution is 6.33. The van der Waals surface area contributed by atoms with Crippen LogP contribution in [0.2, 0.25) is 10.0 Å². The maximum absolute atomic E-state index is 14.1. The van der Waals surface area contributed by atoms with E-state index in [0.717, 1.165) is 36.7 Å². The molecule has 204 valence electrons. The van der Waals surface area contributed by atoms with Gasteiger partial charge in [0.05, 0.1) is 10.4 Å². The molecule has 2 aromatic carbocycles. The van der Waals surface area contributed by atoms with Gasteiger partial charge < -0.3 is 4.74 Å². The van der Waals surface area contributed by atoms with Gasteiger partial charge in [-0.05, 0) is 70.0 Å². The Balaban J connectivity index is 1.85. The van der Waals surface area contributed by atoms with E-state index in [0.29, 0.717) is 27.1 Å². The van der Waals surface area contributed by atoms with Crippen molar-refractivity contribution in [3.8, 4) is 17.1 Å². The maximum Gasteiger partial charge on any atom is 0.335 e. The van der Waals surface area contributed by atoms with E-state index >= 15 is 0 Å². The number of carbonyl (C=O) groups excluding carboxylic acids is 1. The van der Waals surface area contributed by atoms with E-state index < -0.39 is 29.4 Å². The summed E-state index contributed by atoms with van der Waals surface area (Å²) in [5.41, 5.74) is -0.237. The lowest BCUT2D eigenvalue weighted by Gasteiger charge is -2.25. The van der Waals surface area contributed by atoms with E-state index in [1.165, 1.54) is 0 Å². The van der Waals surface area contributed by atoms with Crippen LogP contribution in [-0.4, -0.2) is 24.7 Å². The first kappa shape index (κ1) is 27.2. The summed E-state index contributed by atoms with van der Waals surface area (Å²) in [6.07, 6.45) is 4.58. The average Bonchev–Trinajstić information content (AvgIpc) is 3.29. The largest absolute Gasteiger partial charge is 0.443 e. The second-order valence-corrected chi connectivity index (χ2v) is 11.7. The Kier molecular flexibility index (Phi) is 7.44. The van der Waals surface area contributed by atoms with Crippen molar-refractivity contribution in [1.82, 2.24) is 18.7 Å². The summed E-state index contributed by atoms with van der Waals surface area (Å²) in [7, 11) is 0. The molecule has 10 heteroatoms. The van der Waals surface area contributed by atoms with Gasteiger partial charge in [-0.15, -0.1) is 0 Å². The molecule has 0 N–H and O–H groups in total. The number of rotatable bonds is 5. The minimum Gasteiger partial charge on any atom is -0.443 e. The van der Waals surface area contributed by atoms with Crippen molar-refractivity contribution in [2.45, 2.75) is 65.6 Å². The van der Waals surface area contributed by atoms with Gasteiger partial charge in [-0.2, -0.15) is 0 Å². The Bertz CT molecular complexity index is 1660. The van der Waals surface area contributed by atoms with Crippen LogP contribution in [0, 0.1) is 5.41 Å². The molecule has 8 nitrogen and oxygen atoms in total. The number of aromatic nitrogens is 4. The quantitative estimate of drug-likeness (QED) is 0.261. The third-order valence-electron chi connectivity index (χ3n) is 7.05. The lowest BCUT2D eigenvalue weighted by Crippen LogP contribution is -2.43. The van der Waals surface area contributed by atoms with Crippen molar-refractivity contribution in [1.29, 1.82) is 0 Å². The molecule has 5 rings (SSSR count). The summed E-state index contributed by atoms with van der Waals surface area (Å²) >= 11 is 12.8. The molecule has 0 spiro atoms. The monoisotopic (exact) mass is 568 g/mol. The number of nitrogens with zero attached hydrogens (tertiary/aromatic N) is 4. The van der Waals surface area contributed by atoms with Crippen molar-refractivity contribution >= 4 is 40.3 Å². The molecule has 0 bridgehead atoms. The molecule has 2 aromatic heterocycles. The van der Waals surface area contributed by atoms with Crippen LogP contribution in [0.1, 0.15) is 58.9 Å². The van der Waals surface area contributed by atoms with Crippen molar-refractivity contribution in [2.75, 3.05) is 0 Å². The molecular weight excluding hydrogens is 539 g/mol. The third-order valence-corrected chi connectivity index (χ3v) is 7.63. The fourth-order valence-corrected chi connectivity index (χ4v) is 5.34. The zero-order valence-electron chi connectivity index (χ0n) is 22.1. The molecular formula is C29H30Cl2N4O4. The minimum absolute atomic E-state index is 0.147. The highest BCUT2D eigenvalue weighted by atomic mass is 35.5. The van der Waals surface area contributed by atoms with E-state index in [2.05, 4.69) is 0 Å². The number of hydrogen-bond acceptors (Lipinski definition) is 5. The molecule has 0 aliphatic heterocycles. The lowest BCUT2D eigenvalue weighted by atomic mass is 9.95. The van der Waals surface area contributed by atoms with Crippen molar-refractivity contribution < 1.29 is 9.53 Å². The fourth-order valence-electron chi connectivity index (χ4n) is 4.99. The van der Waals surface area contributed by atoms with E-state index in [-0.39, 0.29) is 17.2 Å². The van der Waals surface area contributed by atoms with Crippen LogP contribution in [0.3, 0.4) is 0 Å². The number of imidazole rings is 1. The Hall–Kier alpha value is -3.36. The van der Waals surface area contributed by atoms with Gasteiger partial charge in [0.25, 0.3) is 5.56 Å². The first-order valence-corrected chi connectivity index (χ1v) is 13.8. The van der Waals surface area contributed by atoms with E-state index in [1.807, 2.05) is 18.2 Å². The highest BCUT2D eigenvalue weighted by Crippen LogP contribution is 2.34. The van der Waals surface area contributed by atoms with Crippen LogP contribution < -0.4 is 11.2 Å². The number of fused-ring (bicyclic) bond motifs is 1. The normalized spacial score (nSPS) is 14.6. The molecule has 0 amide bonds. The number of halogens is 2. The first-order valence-electron chi connectivity index (χ1n) is 13.0. The van der Waals surface area contributed by atoms with Gasteiger partial charge in [-0.3, -0.25) is 18.7 Å². The highest BCUT2D eigenvalue weighted by Gasteiger charge is 2.29. The molecule has 4 aromatic rings. The Morgan fingerprint density at radius 1 is 1.00 bits per heavy atom. The standard InChI is InChI=1S/C29H30Cl2N4O4/c1-29(2,3)27(37)39-17-33-26(36)23-25(35(28(33)38)19-9-5-4-6-10-19)32-24(21-11-7-8-12-22(21)31)34(23)20-15-13-18(30)14-16-20/h7-8,11-16,19H,4-6,9-10,17H2,1-3H3. The maximum atomic E-state index is 14.1. The minimum atomic E-state index is -0.793. The van der Waals surface area contributed by atoms with E-state index in [4.69, 9.17) is 32.9 Å². The van der Waals surface area contributed by atoms with Gasteiger partial charge in [-0.1, -0.05) is 54.6 Å². The molecule has 1 aliphatic carbocycles. The first-order chi connectivity index (χ1) is 18.6. The molecule has 39 heavy (non-hydrogen) atoms. The Morgan fingerprint density at radius 3 is 2.31 bits per heavy atom. The average molecular weight is 569 g/mol. The zero-order valence-corrected chi connectivity index (χ0v) is 23.6. The smallest absolute Gasteiger partial charge is 0.335 e. The summed E-state index contributed by atoms with van der Waals surface area (Å²) in [5, 5.41) is 0.988. The number of ether oxygens (including phenoxy) is 1. The summed E-state index contributed by atoms with van der Waals surface area (Å²) in [5.74, 6) is -0.0931. The SMILES string of the molecule is CC(C)(C)C(=O)OCn1c(=O)c2c(nc(-c3ccccc3Cl)n2-c2ccc(Cl)cc2)n(C2CCCCC2)c1=O. The van der Waals surface area contributed by atoms with Crippen LogP contribution in [0.5, 0.6) is 0 Å². The van der Waals surface area contributed by atoms with Crippen LogP contribution in [-0.2, 0) is 16.3 Å². The van der Waals surface area contributed by atoms with E-state index in [1.54, 1.807) is 60.2 Å². The van der Waals surface area contributed by atoms with Gasteiger partial charge in [-0.25, -0.2) is 14.3 Å². The Labute approximate surface area is 235 Å². The predicted molar refractivity (Wildman–Crippen MR) is 153 cm³/mol. The lowest BCUT2D eigenvalue weighted by molar-refractivity contribution is -0.157. The van der Waals surface area contributed by atoms with Crippen molar-refractivity contribution in [2.24, 2.45) is 5.41 Å². The molecule has 2 heterocycles. The number of esters is 1.